The SMILES string of the molecule is Cc1cc(N)cnc1C1CCN([C@@H]2CCO[C@@H]2C)CC1. The van der Waals surface area contributed by atoms with E-state index in [1.807, 2.05) is 6.07 Å². The molecule has 2 aliphatic rings. The van der Waals surface area contributed by atoms with Crippen molar-refractivity contribution in [3.05, 3.63) is 23.5 Å². The fourth-order valence-electron chi connectivity index (χ4n) is 3.74. The molecule has 0 spiro atoms. The van der Waals surface area contributed by atoms with Crippen LogP contribution in [0.1, 0.15) is 43.4 Å². The van der Waals surface area contributed by atoms with Crippen molar-refractivity contribution >= 4 is 5.69 Å². The number of likely N-dealkylation sites (tertiary alicyclic amines) is 1. The van der Waals surface area contributed by atoms with Crippen LogP contribution in [0.3, 0.4) is 0 Å². The molecule has 0 aliphatic carbocycles. The van der Waals surface area contributed by atoms with Gasteiger partial charge in [-0.25, -0.2) is 0 Å². The number of hydrogen-bond donors (Lipinski definition) is 1. The second-order valence-corrected chi connectivity index (χ2v) is 6.21. The van der Waals surface area contributed by atoms with Gasteiger partial charge in [0.1, 0.15) is 0 Å². The van der Waals surface area contributed by atoms with Crippen LogP contribution in [-0.2, 0) is 4.74 Å². The van der Waals surface area contributed by atoms with Gasteiger partial charge >= 0.3 is 0 Å². The van der Waals surface area contributed by atoms with Crippen molar-refractivity contribution in [1.29, 1.82) is 0 Å². The van der Waals surface area contributed by atoms with Crippen LogP contribution in [0.25, 0.3) is 0 Å². The summed E-state index contributed by atoms with van der Waals surface area (Å²) in [6, 6.07) is 2.66. The number of nitrogens with two attached hydrogens (primary N) is 1. The molecule has 0 radical (unpaired) electrons. The molecule has 4 heteroatoms. The third kappa shape index (κ3) is 2.67. The largest absolute Gasteiger partial charge is 0.397 e. The van der Waals surface area contributed by atoms with E-state index >= 15 is 0 Å². The molecule has 1 aromatic heterocycles. The van der Waals surface area contributed by atoms with Gasteiger partial charge in [0, 0.05) is 24.3 Å². The summed E-state index contributed by atoms with van der Waals surface area (Å²) in [5.41, 5.74) is 9.04. The molecule has 3 rings (SSSR count). The minimum absolute atomic E-state index is 0.392. The Morgan fingerprint density at radius 3 is 2.65 bits per heavy atom. The Labute approximate surface area is 121 Å². The van der Waals surface area contributed by atoms with Gasteiger partial charge in [-0.3, -0.25) is 9.88 Å². The van der Waals surface area contributed by atoms with Crippen LogP contribution in [0.4, 0.5) is 5.69 Å². The van der Waals surface area contributed by atoms with Gasteiger partial charge in [-0.1, -0.05) is 0 Å². The zero-order chi connectivity index (χ0) is 14.1. The molecule has 0 bridgehead atoms. The van der Waals surface area contributed by atoms with Crippen LogP contribution < -0.4 is 5.73 Å². The smallest absolute Gasteiger partial charge is 0.0703 e. The first-order valence-electron chi connectivity index (χ1n) is 7.73. The molecule has 2 N–H and O–H groups in total. The number of aromatic nitrogens is 1. The van der Waals surface area contributed by atoms with E-state index in [2.05, 4.69) is 23.7 Å². The van der Waals surface area contributed by atoms with Gasteiger partial charge in [0.15, 0.2) is 0 Å². The lowest BCUT2D eigenvalue weighted by Crippen LogP contribution is -2.44. The molecule has 0 amide bonds. The molecule has 0 aromatic carbocycles. The number of pyridine rings is 1. The molecule has 0 unspecified atom stereocenters. The van der Waals surface area contributed by atoms with E-state index in [9.17, 15) is 0 Å². The highest BCUT2D eigenvalue weighted by Crippen LogP contribution is 2.32. The summed E-state index contributed by atoms with van der Waals surface area (Å²) < 4.78 is 5.69. The second-order valence-electron chi connectivity index (χ2n) is 6.21. The van der Waals surface area contributed by atoms with Gasteiger partial charge in [0.25, 0.3) is 0 Å². The zero-order valence-corrected chi connectivity index (χ0v) is 12.5. The molecule has 2 aliphatic heterocycles. The summed E-state index contributed by atoms with van der Waals surface area (Å²) in [4.78, 5) is 7.18. The third-order valence-corrected chi connectivity index (χ3v) is 4.86. The summed E-state index contributed by atoms with van der Waals surface area (Å²) in [5, 5.41) is 0. The van der Waals surface area contributed by atoms with Gasteiger partial charge in [0.05, 0.1) is 18.0 Å². The number of piperidine rings is 1. The normalized spacial score (nSPS) is 28.9. The molecule has 2 fully saturated rings. The van der Waals surface area contributed by atoms with Crippen molar-refractivity contribution in [3.8, 4) is 0 Å². The van der Waals surface area contributed by atoms with E-state index in [4.69, 9.17) is 10.5 Å². The maximum Gasteiger partial charge on any atom is 0.0703 e. The molecular formula is C16H25N3O. The zero-order valence-electron chi connectivity index (χ0n) is 12.5. The molecule has 2 atom stereocenters. The monoisotopic (exact) mass is 275 g/mol. The van der Waals surface area contributed by atoms with Crippen molar-refractivity contribution < 1.29 is 4.74 Å². The van der Waals surface area contributed by atoms with Gasteiger partial charge in [-0.15, -0.1) is 0 Å². The Balaban J connectivity index is 1.63. The lowest BCUT2D eigenvalue weighted by molar-refractivity contribution is 0.0625. The lowest BCUT2D eigenvalue weighted by Gasteiger charge is -2.37. The number of hydrogen-bond acceptors (Lipinski definition) is 4. The van der Waals surface area contributed by atoms with Gasteiger partial charge < -0.3 is 10.5 Å². The lowest BCUT2D eigenvalue weighted by atomic mass is 9.89. The molecule has 20 heavy (non-hydrogen) atoms. The Bertz CT molecular complexity index is 469. The third-order valence-electron chi connectivity index (χ3n) is 4.86. The van der Waals surface area contributed by atoms with Crippen LogP contribution in [0.15, 0.2) is 12.3 Å². The summed E-state index contributed by atoms with van der Waals surface area (Å²) in [6.07, 6.45) is 5.76. The first-order chi connectivity index (χ1) is 9.65. The summed E-state index contributed by atoms with van der Waals surface area (Å²) in [6.45, 7) is 7.57. The first-order valence-corrected chi connectivity index (χ1v) is 7.73. The Kier molecular flexibility index (Phi) is 3.94. The first kappa shape index (κ1) is 13.8. The summed E-state index contributed by atoms with van der Waals surface area (Å²) in [5.74, 6) is 0.587. The molecule has 3 heterocycles. The quantitative estimate of drug-likeness (QED) is 0.900. The Morgan fingerprint density at radius 1 is 1.30 bits per heavy atom. The second kappa shape index (κ2) is 5.70. The predicted octanol–water partition coefficient (Wildman–Crippen LogP) is 2.33. The molecular weight excluding hydrogens is 250 g/mol. The highest BCUT2D eigenvalue weighted by molar-refractivity contribution is 5.40. The number of nitrogens with zero attached hydrogens (tertiary/aromatic N) is 2. The number of rotatable bonds is 2. The van der Waals surface area contributed by atoms with E-state index in [1.54, 1.807) is 6.20 Å². The average Bonchev–Trinajstić information content (AvgIpc) is 2.85. The van der Waals surface area contributed by atoms with Crippen LogP contribution in [-0.4, -0.2) is 41.7 Å². The molecule has 1 aromatic rings. The van der Waals surface area contributed by atoms with Crippen LogP contribution >= 0.6 is 0 Å². The highest BCUT2D eigenvalue weighted by Gasteiger charge is 2.33. The van der Waals surface area contributed by atoms with Gasteiger partial charge in [-0.05, 0) is 57.8 Å². The van der Waals surface area contributed by atoms with E-state index in [0.29, 0.717) is 18.1 Å². The summed E-state index contributed by atoms with van der Waals surface area (Å²) in [7, 11) is 0. The maximum absolute atomic E-state index is 5.79. The fourth-order valence-corrected chi connectivity index (χ4v) is 3.74. The maximum atomic E-state index is 5.79. The van der Waals surface area contributed by atoms with E-state index in [0.717, 1.165) is 25.4 Å². The molecule has 4 nitrogen and oxygen atoms in total. The minimum Gasteiger partial charge on any atom is -0.397 e. The number of ether oxygens (including phenoxy) is 1. The van der Waals surface area contributed by atoms with Crippen LogP contribution in [0, 0.1) is 6.92 Å². The molecule has 110 valence electrons. The van der Waals surface area contributed by atoms with Gasteiger partial charge in [0.2, 0.25) is 0 Å². The van der Waals surface area contributed by atoms with E-state index < -0.39 is 0 Å². The predicted molar refractivity (Wildman–Crippen MR) is 80.8 cm³/mol. The Morgan fingerprint density at radius 2 is 2.05 bits per heavy atom. The van der Waals surface area contributed by atoms with Crippen LogP contribution in [0.2, 0.25) is 0 Å². The van der Waals surface area contributed by atoms with Crippen molar-refractivity contribution in [2.45, 2.75) is 51.2 Å². The standard InChI is InChI=1S/C16H25N3O/c1-11-9-14(17)10-18-16(11)13-3-6-19(7-4-13)15-5-8-20-12(15)2/h9-10,12-13,15H,3-8,17H2,1-2H3/t12-,15-/m1/s1. The number of anilines is 1. The van der Waals surface area contributed by atoms with Gasteiger partial charge in [-0.2, -0.15) is 0 Å². The molecule has 0 saturated carbocycles. The van der Waals surface area contributed by atoms with Crippen LogP contribution in [0.5, 0.6) is 0 Å². The Hall–Kier alpha value is -1.13. The minimum atomic E-state index is 0.392. The fraction of sp³-hybridized carbons (Fsp3) is 0.688. The van der Waals surface area contributed by atoms with E-state index in [-0.39, 0.29) is 0 Å². The van der Waals surface area contributed by atoms with Crippen molar-refractivity contribution in [1.82, 2.24) is 9.88 Å². The average molecular weight is 275 g/mol. The number of aryl methyl sites for hydroxylation is 1. The number of nitrogen functional groups attached to an aromatic ring is 1. The van der Waals surface area contributed by atoms with Crippen molar-refractivity contribution in [2.75, 3.05) is 25.4 Å². The summed E-state index contributed by atoms with van der Waals surface area (Å²) >= 11 is 0. The highest BCUT2D eigenvalue weighted by atomic mass is 16.5. The topological polar surface area (TPSA) is 51.4 Å². The van der Waals surface area contributed by atoms with Crippen molar-refractivity contribution in [2.24, 2.45) is 0 Å². The van der Waals surface area contributed by atoms with Crippen molar-refractivity contribution in [3.63, 3.8) is 0 Å². The molecule has 2 saturated heterocycles. The van der Waals surface area contributed by atoms with E-state index in [1.165, 1.54) is 30.5 Å².